The summed E-state index contributed by atoms with van der Waals surface area (Å²) in [6.07, 6.45) is 2.47. The van der Waals surface area contributed by atoms with Gasteiger partial charge < -0.3 is 15.4 Å². The van der Waals surface area contributed by atoms with E-state index in [-0.39, 0.29) is 41.6 Å². The van der Waals surface area contributed by atoms with Crippen molar-refractivity contribution in [2.45, 2.75) is 32.7 Å². The number of guanidine groups is 1. The zero-order valence-corrected chi connectivity index (χ0v) is 18.6. The number of halogens is 2. The number of ether oxygens (including phenoxy) is 1. The van der Waals surface area contributed by atoms with Gasteiger partial charge in [0.25, 0.3) is 0 Å². The molecule has 0 bridgehead atoms. The quantitative estimate of drug-likeness (QED) is 0.223. The zero-order chi connectivity index (χ0) is 18.7. The molecular formula is C17H29FIN3O3S. The third kappa shape index (κ3) is 12.3. The van der Waals surface area contributed by atoms with Gasteiger partial charge in [0.05, 0.1) is 12.4 Å². The Bertz CT molecular complexity index is 639. The molecule has 0 radical (unpaired) electrons. The van der Waals surface area contributed by atoms with Crippen molar-refractivity contribution in [2.75, 3.05) is 31.7 Å². The summed E-state index contributed by atoms with van der Waals surface area (Å²) in [5.74, 6) is 1.14. The summed E-state index contributed by atoms with van der Waals surface area (Å²) < 4.78 is 40.7. The standard InChI is InChI=1S/C17H28FN3O3S.HI/c1-4-19-17(21-14(2)10-13-25(3,22)23)20-11-5-12-24-16-8-6-15(18)7-9-16;/h6-9,14H,4-5,10-13H2,1-3H3,(H2,19,20,21);1H. The van der Waals surface area contributed by atoms with E-state index in [0.717, 1.165) is 6.54 Å². The highest BCUT2D eigenvalue weighted by Crippen LogP contribution is 2.11. The second-order valence-corrected chi connectivity index (χ2v) is 8.14. The summed E-state index contributed by atoms with van der Waals surface area (Å²) in [6, 6.07) is 5.90. The van der Waals surface area contributed by atoms with Crippen LogP contribution in [0.3, 0.4) is 0 Å². The van der Waals surface area contributed by atoms with E-state index in [1.807, 2.05) is 13.8 Å². The minimum absolute atomic E-state index is 0. The first-order valence-electron chi connectivity index (χ1n) is 8.41. The molecule has 9 heteroatoms. The Morgan fingerprint density at radius 1 is 1.31 bits per heavy atom. The molecule has 0 aliphatic carbocycles. The van der Waals surface area contributed by atoms with Crippen molar-refractivity contribution in [2.24, 2.45) is 4.99 Å². The summed E-state index contributed by atoms with van der Waals surface area (Å²) in [6.45, 7) is 5.66. The molecule has 0 aliphatic heterocycles. The van der Waals surface area contributed by atoms with E-state index in [0.29, 0.717) is 37.7 Å². The van der Waals surface area contributed by atoms with E-state index in [1.54, 1.807) is 12.1 Å². The fraction of sp³-hybridized carbons (Fsp3) is 0.588. The fourth-order valence-electron chi connectivity index (χ4n) is 1.99. The second-order valence-electron chi connectivity index (χ2n) is 5.88. The lowest BCUT2D eigenvalue weighted by Gasteiger charge is -2.17. The highest BCUT2D eigenvalue weighted by molar-refractivity contribution is 14.0. The maximum Gasteiger partial charge on any atom is 0.191 e. The smallest absolute Gasteiger partial charge is 0.191 e. The zero-order valence-electron chi connectivity index (χ0n) is 15.5. The molecule has 0 saturated carbocycles. The summed E-state index contributed by atoms with van der Waals surface area (Å²) in [7, 11) is -2.96. The van der Waals surface area contributed by atoms with Gasteiger partial charge in [-0.15, -0.1) is 24.0 Å². The second kappa shape index (κ2) is 13.1. The van der Waals surface area contributed by atoms with Crippen molar-refractivity contribution in [3.8, 4) is 5.75 Å². The van der Waals surface area contributed by atoms with E-state index in [2.05, 4.69) is 15.6 Å². The fourth-order valence-corrected chi connectivity index (χ4v) is 2.77. The molecular weight excluding hydrogens is 472 g/mol. The van der Waals surface area contributed by atoms with Gasteiger partial charge in [-0.1, -0.05) is 0 Å². The van der Waals surface area contributed by atoms with Crippen molar-refractivity contribution in [1.82, 2.24) is 10.6 Å². The lowest BCUT2D eigenvalue weighted by atomic mass is 10.3. The molecule has 2 N–H and O–H groups in total. The Morgan fingerprint density at radius 3 is 2.54 bits per heavy atom. The Labute approximate surface area is 172 Å². The van der Waals surface area contributed by atoms with E-state index in [1.165, 1.54) is 18.4 Å². The summed E-state index contributed by atoms with van der Waals surface area (Å²) in [5.41, 5.74) is 0. The number of sulfone groups is 1. The molecule has 1 unspecified atom stereocenters. The van der Waals surface area contributed by atoms with Crippen molar-refractivity contribution >= 4 is 39.8 Å². The Balaban J connectivity index is 0.00000625. The number of hydrogen-bond acceptors (Lipinski definition) is 4. The van der Waals surface area contributed by atoms with Gasteiger partial charge in [0.2, 0.25) is 0 Å². The third-order valence-corrected chi connectivity index (χ3v) is 4.28. The van der Waals surface area contributed by atoms with Gasteiger partial charge >= 0.3 is 0 Å². The lowest BCUT2D eigenvalue weighted by molar-refractivity contribution is 0.313. The molecule has 1 atom stereocenters. The van der Waals surface area contributed by atoms with Crippen LogP contribution in [-0.4, -0.2) is 52.1 Å². The number of benzene rings is 1. The largest absolute Gasteiger partial charge is 0.494 e. The molecule has 1 rings (SSSR count). The molecule has 0 fully saturated rings. The molecule has 1 aromatic rings. The van der Waals surface area contributed by atoms with Gasteiger partial charge in [0.1, 0.15) is 21.4 Å². The average Bonchev–Trinajstić information content (AvgIpc) is 2.54. The highest BCUT2D eigenvalue weighted by Gasteiger charge is 2.09. The van der Waals surface area contributed by atoms with Crippen molar-refractivity contribution in [3.05, 3.63) is 30.1 Å². The molecule has 150 valence electrons. The first-order valence-corrected chi connectivity index (χ1v) is 10.5. The molecule has 0 spiro atoms. The maximum absolute atomic E-state index is 12.8. The van der Waals surface area contributed by atoms with Crippen LogP contribution < -0.4 is 15.4 Å². The predicted octanol–water partition coefficient (Wildman–Crippen LogP) is 2.59. The Kier molecular flexibility index (Phi) is 12.6. The van der Waals surface area contributed by atoms with E-state index < -0.39 is 9.84 Å². The van der Waals surface area contributed by atoms with Crippen LogP contribution in [0.4, 0.5) is 4.39 Å². The van der Waals surface area contributed by atoms with Crippen LogP contribution in [0.2, 0.25) is 0 Å². The Hall–Kier alpha value is -1.10. The van der Waals surface area contributed by atoms with Gasteiger partial charge in [-0.2, -0.15) is 0 Å². The van der Waals surface area contributed by atoms with Crippen LogP contribution in [0.1, 0.15) is 26.7 Å². The van der Waals surface area contributed by atoms with Crippen molar-refractivity contribution in [3.63, 3.8) is 0 Å². The minimum Gasteiger partial charge on any atom is -0.494 e. The van der Waals surface area contributed by atoms with Gasteiger partial charge in [0, 0.05) is 31.8 Å². The number of nitrogens with zero attached hydrogens (tertiary/aromatic N) is 1. The molecule has 26 heavy (non-hydrogen) atoms. The third-order valence-electron chi connectivity index (χ3n) is 3.30. The van der Waals surface area contributed by atoms with Crippen LogP contribution in [0.15, 0.2) is 29.3 Å². The van der Waals surface area contributed by atoms with Gasteiger partial charge in [0.15, 0.2) is 5.96 Å². The number of hydrogen-bond donors (Lipinski definition) is 2. The molecule has 0 aromatic heterocycles. The van der Waals surface area contributed by atoms with Gasteiger partial charge in [-0.25, -0.2) is 12.8 Å². The molecule has 0 amide bonds. The first-order chi connectivity index (χ1) is 11.8. The molecule has 0 heterocycles. The monoisotopic (exact) mass is 501 g/mol. The van der Waals surface area contributed by atoms with Crippen LogP contribution in [0.25, 0.3) is 0 Å². The summed E-state index contributed by atoms with van der Waals surface area (Å²) in [5, 5.41) is 6.33. The van der Waals surface area contributed by atoms with Crippen LogP contribution in [0, 0.1) is 5.82 Å². The van der Waals surface area contributed by atoms with Crippen molar-refractivity contribution < 1.29 is 17.5 Å². The molecule has 6 nitrogen and oxygen atoms in total. The molecule has 0 saturated heterocycles. The summed E-state index contributed by atoms with van der Waals surface area (Å²) in [4.78, 5) is 4.45. The van der Waals surface area contributed by atoms with E-state index in [4.69, 9.17) is 4.74 Å². The van der Waals surface area contributed by atoms with Gasteiger partial charge in [-0.3, -0.25) is 4.99 Å². The number of aliphatic imine (C=N–C) groups is 1. The van der Waals surface area contributed by atoms with Crippen LogP contribution in [0.5, 0.6) is 5.75 Å². The number of nitrogens with one attached hydrogen (secondary N) is 2. The van der Waals surface area contributed by atoms with Crippen LogP contribution >= 0.6 is 24.0 Å². The summed E-state index contributed by atoms with van der Waals surface area (Å²) >= 11 is 0. The average molecular weight is 501 g/mol. The van der Waals surface area contributed by atoms with Crippen molar-refractivity contribution in [1.29, 1.82) is 0 Å². The minimum atomic E-state index is -2.96. The molecule has 0 aliphatic rings. The van der Waals surface area contributed by atoms with E-state index in [9.17, 15) is 12.8 Å². The predicted molar refractivity (Wildman–Crippen MR) is 115 cm³/mol. The highest BCUT2D eigenvalue weighted by atomic mass is 127. The lowest BCUT2D eigenvalue weighted by Crippen LogP contribution is -2.43. The molecule has 1 aromatic carbocycles. The normalized spacial score (nSPS) is 12.8. The topological polar surface area (TPSA) is 79.8 Å². The van der Waals surface area contributed by atoms with Crippen LogP contribution in [-0.2, 0) is 9.84 Å². The van der Waals surface area contributed by atoms with E-state index >= 15 is 0 Å². The SMILES string of the molecule is CCNC(=NCCCOc1ccc(F)cc1)NC(C)CCS(C)(=O)=O.I. The Morgan fingerprint density at radius 2 is 1.96 bits per heavy atom. The maximum atomic E-state index is 12.8. The number of rotatable bonds is 10. The van der Waals surface area contributed by atoms with Gasteiger partial charge in [-0.05, 0) is 44.5 Å². The first kappa shape index (κ1) is 24.9.